The Morgan fingerprint density at radius 3 is 2.33 bits per heavy atom. The highest BCUT2D eigenvalue weighted by molar-refractivity contribution is 6.00. The Hall–Kier alpha value is -4.01. The summed E-state index contributed by atoms with van der Waals surface area (Å²) in [6.07, 6.45) is 1.04. The number of rotatable bonds is 5. The van der Waals surface area contributed by atoms with Gasteiger partial charge in [0.25, 0.3) is 0 Å². The van der Waals surface area contributed by atoms with E-state index < -0.39 is 6.04 Å². The van der Waals surface area contributed by atoms with Crippen LogP contribution in [0.5, 0.6) is 17.2 Å². The topological polar surface area (TPSA) is 108 Å². The number of hydrogen-bond acceptors (Lipinski definition) is 9. The number of benzene rings is 2. The van der Waals surface area contributed by atoms with Crippen molar-refractivity contribution in [2.24, 2.45) is 0 Å². The van der Waals surface area contributed by atoms with Gasteiger partial charge in [0, 0.05) is 17.7 Å². The van der Waals surface area contributed by atoms with E-state index in [1.54, 1.807) is 21.3 Å². The van der Waals surface area contributed by atoms with Crippen molar-refractivity contribution >= 4 is 17.4 Å². The van der Waals surface area contributed by atoms with Crippen LogP contribution in [0.25, 0.3) is 0 Å². The zero-order chi connectivity index (χ0) is 22.9. The lowest BCUT2D eigenvalue weighted by Crippen LogP contribution is -2.27. The summed E-state index contributed by atoms with van der Waals surface area (Å²) in [5.41, 5.74) is 3.38. The number of carbonyl (C=O) groups excluding carboxylic acids is 1. The molecule has 0 radical (unpaired) electrons. The minimum absolute atomic E-state index is 0.0297. The normalized spacial score (nSPS) is 19.5. The Bertz CT molecular complexity index is 1220. The molecule has 0 bridgehead atoms. The molecule has 2 heterocycles. The van der Waals surface area contributed by atoms with Crippen LogP contribution in [0, 0.1) is 0 Å². The van der Waals surface area contributed by atoms with E-state index in [9.17, 15) is 4.79 Å². The molecule has 0 unspecified atom stereocenters. The molecule has 9 heteroatoms. The van der Waals surface area contributed by atoms with E-state index in [4.69, 9.17) is 18.8 Å². The van der Waals surface area contributed by atoms with Crippen LogP contribution in [0.4, 0.5) is 11.6 Å². The van der Waals surface area contributed by atoms with Gasteiger partial charge in [-0.15, -0.1) is 0 Å². The molecule has 2 N–H and O–H groups in total. The molecule has 33 heavy (non-hydrogen) atoms. The van der Waals surface area contributed by atoms with Crippen LogP contribution in [0.2, 0.25) is 0 Å². The highest BCUT2D eigenvalue weighted by Crippen LogP contribution is 2.44. The van der Waals surface area contributed by atoms with Crippen molar-refractivity contribution in [1.82, 2.24) is 10.3 Å². The van der Waals surface area contributed by atoms with Crippen LogP contribution in [0.3, 0.4) is 0 Å². The number of allylic oxidation sites excluding steroid dienone is 1. The zero-order valence-electron chi connectivity index (χ0n) is 18.5. The van der Waals surface area contributed by atoms with Crippen LogP contribution < -0.4 is 24.8 Å². The molecule has 2 aromatic carbocycles. The second-order valence-electron chi connectivity index (χ2n) is 7.97. The lowest BCUT2D eigenvalue weighted by atomic mass is 9.78. The fourth-order valence-electron chi connectivity index (χ4n) is 4.50. The van der Waals surface area contributed by atoms with Crippen LogP contribution in [-0.2, 0) is 4.79 Å². The van der Waals surface area contributed by atoms with Crippen LogP contribution in [0.1, 0.15) is 35.9 Å². The molecular formula is C24H24N4O5. The van der Waals surface area contributed by atoms with Gasteiger partial charge in [0.05, 0.1) is 27.4 Å². The van der Waals surface area contributed by atoms with Gasteiger partial charge in [-0.3, -0.25) is 4.79 Å². The van der Waals surface area contributed by atoms with Crippen LogP contribution in [0.15, 0.2) is 58.4 Å². The summed E-state index contributed by atoms with van der Waals surface area (Å²) < 4.78 is 21.1. The van der Waals surface area contributed by atoms with E-state index in [0.717, 1.165) is 22.6 Å². The molecule has 1 aliphatic carbocycles. The summed E-state index contributed by atoms with van der Waals surface area (Å²) in [6.45, 7) is 0. The van der Waals surface area contributed by atoms with Crippen molar-refractivity contribution in [3.63, 3.8) is 0 Å². The van der Waals surface area contributed by atoms with Gasteiger partial charge in [0.15, 0.2) is 17.3 Å². The lowest BCUT2D eigenvalue weighted by molar-refractivity contribution is -0.116. The molecule has 0 spiro atoms. The van der Waals surface area contributed by atoms with Gasteiger partial charge in [-0.05, 0) is 58.0 Å². The Kier molecular flexibility index (Phi) is 5.37. The number of hydrogen-bond donors (Lipinski definition) is 2. The first-order valence-electron chi connectivity index (χ1n) is 10.6. The highest BCUT2D eigenvalue weighted by atomic mass is 16.6. The fourth-order valence-corrected chi connectivity index (χ4v) is 4.50. The molecule has 1 aromatic heterocycles. The Labute approximate surface area is 190 Å². The van der Waals surface area contributed by atoms with Crippen LogP contribution in [-0.4, -0.2) is 37.4 Å². The third-order valence-corrected chi connectivity index (χ3v) is 6.16. The number of Topliss-reactive ketones (excluding diaryl/α,β-unsaturated/α-hetero) is 1. The van der Waals surface area contributed by atoms with Gasteiger partial charge in [0.1, 0.15) is 5.75 Å². The quantitative estimate of drug-likeness (QED) is 0.597. The molecule has 0 saturated heterocycles. The van der Waals surface area contributed by atoms with Gasteiger partial charge in [-0.25, -0.2) is 4.63 Å². The number of fused-ring (bicyclic) bond motifs is 1. The van der Waals surface area contributed by atoms with Gasteiger partial charge in [-0.2, -0.15) is 0 Å². The summed E-state index contributed by atoms with van der Waals surface area (Å²) in [6, 6.07) is 13.0. The van der Waals surface area contributed by atoms with Crippen molar-refractivity contribution in [3.8, 4) is 17.2 Å². The monoisotopic (exact) mass is 448 g/mol. The average Bonchev–Trinajstić information content (AvgIpc) is 3.22. The standard InChI is InChI=1S/C24H24N4O5/c1-30-16-7-4-13(5-8-16)15-10-17-21(18(29)11-15)22(26-24-23(25-17)27-33-28-24)14-6-9-19(31-2)20(12-14)32-3/h4-9,12,15,22H,10-11H2,1-3H3,(H,25,27)(H,26,28)/t15-,22-/m1/s1. The first kappa shape index (κ1) is 20.9. The average molecular weight is 448 g/mol. The molecule has 5 rings (SSSR count). The number of carbonyl (C=O) groups is 1. The van der Waals surface area contributed by atoms with E-state index >= 15 is 0 Å². The molecule has 2 atom stereocenters. The van der Waals surface area contributed by atoms with Crippen LogP contribution >= 0.6 is 0 Å². The summed E-state index contributed by atoms with van der Waals surface area (Å²) in [5, 5.41) is 14.6. The van der Waals surface area contributed by atoms with Crippen molar-refractivity contribution in [2.75, 3.05) is 32.0 Å². The largest absolute Gasteiger partial charge is 0.497 e. The van der Waals surface area contributed by atoms with Crippen molar-refractivity contribution in [2.45, 2.75) is 24.8 Å². The van der Waals surface area contributed by atoms with Gasteiger partial charge >= 0.3 is 0 Å². The first-order chi connectivity index (χ1) is 16.1. The van der Waals surface area contributed by atoms with E-state index in [1.807, 2.05) is 42.5 Å². The Morgan fingerprint density at radius 2 is 1.61 bits per heavy atom. The molecule has 0 saturated carbocycles. The maximum Gasteiger partial charge on any atom is 0.219 e. The second-order valence-corrected chi connectivity index (χ2v) is 7.97. The number of ether oxygens (including phenoxy) is 3. The maximum atomic E-state index is 13.5. The molecule has 2 aliphatic rings. The third-order valence-electron chi connectivity index (χ3n) is 6.16. The molecular weight excluding hydrogens is 424 g/mol. The van der Waals surface area contributed by atoms with E-state index in [0.29, 0.717) is 41.5 Å². The molecule has 9 nitrogen and oxygen atoms in total. The highest BCUT2D eigenvalue weighted by Gasteiger charge is 2.37. The smallest absolute Gasteiger partial charge is 0.219 e. The zero-order valence-corrected chi connectivity index (χ0v) is 18.5. The SMILES string of the molecule is COc1ccc([C@H]2CC(=O)C3=C(C2)Nc2nonc2N[C@@H]3c2ccc(OC)c(OC)c2)cc1. The summed E-state index contributed by atoms with van der Waals surface area (Å²) >= 11 is 0. The minimum Gasteiger partial charge on any atom is -0.497 e. The van der Waals surface area contributed by atoms with Crippen molar-refractivity contribution in [3.05, 3.63) is 64.9 Å². The fraction of sp³-hybridized carbons (Fsp3) is 0.292. The second kappa shape index (κ2) is 8.50. The summed E-state index contributed by atoms with van der Waals surface area (Å²) in [5.74, 6) is 2.95. The first-order valence-corrected chi connectivity index (χ1v) is 10.6. The molecule has 0 amide bonds. The number of anilines is 2. The number of aromatic nitrogens is 2. The van der Waals surface area contributed by atoms with E-state index in [-0.39, 0.29) is 11.7 Å². The van der Waals surface area contributed by atoms with Crippen molar-refractivity contribution < 1.29 is 23.6 Å². The number of ketones is 1. The number of nitrogens with one attached hydrogen (secondary N) is 2. The predicted molar refractivity (Wildman–Crippen MR) is 121 cm³/mol. The maximum absolute atomic E-state index is 13.5. The number of methoxy groups -OCH3 is 3. The van der Waals surface area contributed by atoms with Gasteiger partial charge in [0.2, 0.25) is 11.6 Å². The summed E-state index contributed by atoms with van der Waals surface area (Å²) in [4.78, 5) is 13.5. The molecule has 0 fully saturated rings. The Morgan fingerprint density at radius 1 is 0.879 bits per heavy atom. The predicted octanol–water partition coefficient (Wildman–Crippen LogP) is 4.07. The van der Waals surface area contributed by atoms with Gasteiger partial charge in [-0.1, -0.05) is 18.2 Å². The van der Waals surface area contributed by atoms with E-state index in [1.165, 1.54) is 0 Å². The molecule has 1 aliphatic heterocycles. The molecule has 170 valence electrons. The lowest BCUT2D eigenvalue weighted by Gasteiger charge is -2.30. The third kappa shape index (κ3) is 3.75. The van der Waals surface area contributed by atoms with E-state index in [2.05, 4.69) is 20.9 Å². The summed E-state index contributed by atoms with van der Waals surface area (Å²) in [7, 11) is 4.80. The number of nitrogens with zero attached hydrogens (tertiary/aromatic N) is 2. The Balaban J connectivity index is 1.57. The molecule has 3 aromatic rings. The van der Waals surface area contributed by atoms with Gasteiger partial charge < -0.3 is 24.8 Å². The minimum atomic E-state index is -0.454. The van der Waals surface area contributed by atoms with Crippen molar-refractivity contribution in [1.29, 1.82) is 0 Å².